The van der Waals surface area contributed by atoms with Crippen LogP contribution >= 0.6 is 0 Å². The van der Waals surface area contributed by atoms with Crippen LogP contribution in [-0.2, 0) is 0 Å². The molecule has 0 aliphatic heterocycles. The lowest BCUT2D eigenvalue weighted by molar-refractivity contribution is 0.128. The Morgan fingerprint density at radius 2 is 1.73 bits per heavy atom. The average molecular weight is 206 g/mol. The van der Waals surface area contributed by atoms with Crippen LogP contribution in [0.4, 0.5) is 0 Å². The van der Waals surface area contributed by atoms with Gasteiger partial charge in [-0.3, -0.25) is 5.01 Å². The lowest BCUT2D eigenvalue weighted by Gasteiger charge is -2.30. The zero-order valence-corrected chi connectivity index (χ0v) is 10.5. The molecule has 0 atom stereocenters. The first-order chi connectivity index (χ1) is 7.04. The summed E-state index contributed by atoms with van der Waals surface area (Å²) in [6.07, 6.45) is 10.1. The molecule has 0 spiro atoms. The van der Waals surface area contributed by atoms with Crippen LogP contribution in [0.3, 0.4) is 0 Å². The van der Waals surface area contributed by atoms with Gasteiger partial charge in [-0.2, -0.15) is 0 Å². The molecule has 0 fully saturated rings. The van der Waals surface area contributed by atoms with Crippen LogP contribution in [-0.4, -0.2) is 24.1 Å². The van der Waals surface area contributed by atoms with Crippen molar-refractivity contribution in [3.05, 3.63) is 48.4 Å². The smallest absolute Gasteiger partial charge is 0.0596 e. The van der Waals surface area contributed by atoms with Crippen molar-refractivity contribution >= 4 is 0 Å². The molecule has 2 heteroatoms. The SMILES string of the molecule is C=C(C)/C(=C\C=C/C)N(/C=C\C)N(C)C. The molecule has 0 heterocycles. The second-order valence-corrected chi connectivity index (χ2v) is 3.53. The summed E-state index contributed by atoms with van der Waals surface area (Å²) in [6.45, 7) is 10.0. The molecule has 15 heavy (non-hydrogen) atoms. The minimum atomic E-state index is 1.04. The van der Waals surface area contributed by atoms with Crippen LogP contribution in [0.15, 0.2) is 48.4 Å². The molecule has 0 rings (SSSR count). The molecule has 0 aliphatic carbocycles. The van der Waals surface area contributed by atoms with Crippen molar-refractivity contribution in [3.63, 3.8) is 0 Å². The fourth-order valence-electron chi connectivity index (χ4n) is 1.17. The molecule has 0 aromatic heterocycles. The van der Waals surface area contributed by atoms with Gasteiger partial charge in [-0.05, 0) is 32.4 Å². The standard InChI is InChI=1S/C13H22N2/c1-7-9-10-13(12(3)4)15(11-8-2)14(5)6/h7-11H,3H2,1-2,4-6H3/b9-7-,11-8-,13-10+. The van der Waals surface area contributed by atoms with E-state index in [1.807, 2.05) is 64.3 Å². The zero-order valence-electron chi connectivity index (χ0n) is 10.5. The Bertz CT molecular complexity index is 283. The number of hydrazine groups is 1. The Balaban J connectivity index is 5.09. The van der Waals surface area contributed by atoms with Gasteiger partial charge in [0.2, 0.25) is 0 Å². The van der Waals surface area contributed by atoms with E-state index in [0.717, 1.165) is 11.3 Å². The third-order valence-electron chi connectivity index (χ3n) is 1.85. The molecule has 0 saturated heterocycles. The molecule has 0 amide bonds. The van der Waals surface area contributed by atoms with Gasteiger partial charge in [0.15, 0.2) is 0 Å². The molecule has 2 nitrogen and oxygen atoms in total. The number of nitrogens with zero attached hydrogens (tertiary/aromatic N) is 2. The van der Waals surface area contributed by atoms with E-state index in [4.69, 9.17) is 0 Å². The molecule has 0 N–H and O–H groups in total. The van der Waals surface area contributed by atoms with Crippen LogP contribution in [0.2, 0.25) is 0 Å². The van der Waals surface area contributed by atoms with E-state index in [1.165, 1.54) is 0 Å². The Labute approximate surface area is 93.8 Å². The van der Waals surface area contributed by atoms with Crippen LogP contribution < -0.4 is 0 Å². The van der Waals surface area contributed by atoms with E-state index in [9.17, 15) is 0 Å². The van der Waals surface area contributed by atoms with Gasteiger partial charge in [0.25, 0.3) is 0 Å². The van der Waals surface area contributed by atoms with Crippen molar-refractivity contribution in [2.24, 2.45) is 0 Å². The Morgan fingerprint density at radius 1 is 1.13 bits per heavy atom. The van der Waals surface area contributed by atoms with Crippen LogP contribution in [0.1, 0.15) is 20.8 Å². The van der Waals surface area contributed by atoms with E-state index in [2.05, 4.69) is 17.7 Å². The minimum absolute atomic E-state index is 1.04. The highest BCUT2D eigenvalue weighted by Gasteiger charge is 2.08. The lowest BCUT2D eigenvalue weighted by Crippen LogP contribution is -2.31. The molecule has 0 aromatic carbocycles. The fourth-order valence-corrected chi connectivity index (χ4v) is 1.17. The molecule has 0 aromatic rings. The van der Waals surface area contributed by atoms with Gasteiger partial charge >= 0.3 is 0 Å². The predicted molar refractivity (Wildman–Crippen MR) is 68.1 cm³/mol. The van der Waals surface area contributed by atoms with Crippen molar-refractivity contribution < 1.29 is 0 Å². The summed E-state index contributed by atoms with van der Waals surface area (Å²) < 4.78 is 0. The fraction of sp³-hybridized carbons (Fsp3) is 0.385. The second-order valence-electron chi connectivity index (χ2n) is 3.53. The Kier molecular flexibility index (Phi) is 6.47. The summed E-state index contributed by atoms with van der Waals surface area (Å²) in [7, 11) is 4.01. The van der Waals surface area contributed by atoms with Crippen LogP contribution in [0.25, 0.3) is 0 Å². The van der Waals surface area contributed by atoms with Crippen molar-refractivity contribution in [2.45, 2.75) is 20.8 Å². The topological polar surface area (TPSA) is 6.48 Å². The van der Waals surface area contributed by atoms with Crippen LogP contribution in [0.5, 0.6) is 0 Å². The maximum absolute atomic E-state index is 3.99. The zero-order chi connectivity index (χ0) is 11.8. The van der Waals surface area contributed by atoms with Crippen molar-refractivity contribution in [3.8, 4) is 0 Å². The van der Waals surface area contributed by atoms with E-state index >= 15 is 0 Å². The molecular weight excluding hydrogens is 184 g/mol. The minimum Gasteiger partial charge on any atom is -0.282 e. The van der Waals surface area contributed by atoms with Crippen LogP contribution in [0, 0.1) is 0 Å². The van der Waals surface area contributed by atoms with Gasteiger partial charge in [-0.25, -0.2) is 5.01 Å². The highest BCUT2D eigenvalue weighted by molar-refractivity contribution is 5.29. The van der Waals surface area contributed by atoms with Gasteiger partial charge in [0, 0.05) is 20.3 Å². The average Bonchev–Trinajstić information content (AvgIpc) is 2.16. The molecule has 0 unspecified atom stereocenters. The normalized spacial score (nSPS) is 13.1. The molecule has 0 saturated carbocycles. The summed E-state index contributed by atoms with van der Waals surface area (Å²) in [5.41, 5.74) is 2.14. The quantitative estimate of drug-likeness (QED) is 0.503. The number of hydrogen-bond donors (Lipinski definition) is 0. The molecule has 0 bridgehead atoms. The maximum Gasteiger partial charge on any atom is 0.0596 e. The largest absolute Gasteiger partial charge is 0.282 e. The monoisotopic (exact) mass is 206 g/mol. The summed E-state index contributed by atoms with van der Waals surface area (Å²) in [5.74, 6) is 0. The maximum atomic E-state index is 3.99. The van der Waals surface area contributed by atoms with Gasteiger partial charge in [-0.1, -0.05) is 24.8 Å². The van der Waals surface area contributed by atoms with E-state index < -0.39 is 0 Å². The predicted octanol–water partition coefficient (Wildman–Crippen LogP) is 3.33. The van der Waals surface area contributed by atoms with E-state index in [1.54, 1.807) is 0 Å². The number of hydrogen-bond acceptors (Lipinski definition) is 2. The summed E-state index contributed by atoms with van der Waals surface area (Å²) >= 11 is 0. The number of rotatable bonds is 5. The van der Waals surface area contributed by atoms with Crippen molar-refractivity contribution in [1.29, 1.82) is 0 Å². The first-order valence-corrected chi connectivity index (χ1v) is 5.12. The molecular formula is C13H22N2. The van der Waals surface area contributed by atoms with E-state index in [0.29, 0.717) is 0 Å². The van der Waals surface area contributed by atoms with Gasteiger partial charge in [0.1, 0.15) is 0 Å². The van der Waals surface area contributed by atoms with E-state index in [-0.39, 0.29) is 0 Å². The first-order valence-electron chi connectivity index (χ1n) is 5.12. The third-order valence-corrected chi connectivity index (χ3v) is 1.85. The Hall–Kier alpha value is -1.28. The van der Waals surface area contributed by atoms with Gasteiger partial charge < -0.3 is 0 Å². The molecule has 0 aliphatic rings. The number of allylic oxidation sites excluding steroid dienone is 5. The first kappa shape index (κ1) is 13.7. The van der Waals surface area contributed by atoms with Crippen molar-refractivity contribution in [1.82, 2.24) is 10.0 Å². The molecule has 0 radical (unpaired) electrons. The molecule has 84 valence electrons. The highest BCUT2D eigenvalue weighted by Crippen LogP contribution is 2.15. The van der Waals surface area contributed by atoms with Crippen molar-refractivity contribution in [2.75, 3.05) is 14.1 Å². The highest BCUT2D eigenvalue weighted by atomic mass is 15.6. The summed E-state index contributed by atoms with van der Waals surface area (Å²) in [6, 6.07) is 0. The van der Waals surface area contributed by atoms with Gasteiger partial charge in [-0.15, -0.1) is 0 Å². The summed E-state index contributed by atoms with van der Waals surface area (Å²) in [5, 5.41) is 4.08. The lowest BCUT2D eigenvalue weighted by atomic mass is 10.2. The van der Waals surface area contributed by atoms with Gasteiger partial charge in [0.05, 0.1) is 5.70 Å². The Morgan fingerprint density at radius 3 is 2.07 bits per heavy atom. The summed E-state index contributed by atoms with van der Waals surface area (Å²) in [4.78, 5) is 0. The second kappa shape index (κ2) is 7.07. The third kappa shape index (κ3) is 4.66.